The second kappa shape index (κ2) is 5.55. The molecule has 2 fully saturated rings. The van der Waals surface area contributed by atoms with Crippen LogP contribution < -0.4 is 5.73 Å². The van der Waals surface area contributed by atoms with Crippen molar-refractivity contribution in [3.8, 4) is 0 Å². The van der Waals surface area contributed by atoms with E-state index in [4.69, 9.17) is 10.5 Å². The van der Waals surface area contributed by atoms with Gasteiger partial charge in [0.2, 0.25) is 0 Å². The molecule has 1 heterocycles. The molecular formula is C12H23NOS. The largest absolute Gasteiger partial charge is 0.371 e. The van der Waals surface area contributed by atoms with Crippen LogP contribution in [0.3, 0.4) is 0 Å². The van der Waals surface area contributed by atoms with E-state index in [-0.39, 0.29) is 0 Å². The lowest BCUT2D eigenvalue weighted by molar-refractivity contribution is -0.0555. The Morgan fingerprint density at radius 1 is 1.20 bits per heavy atom. The predicted octanol–water partition coefficient (Wildman–Crippen LogP) is 2.56. The summed E-state index contributed by atoms with van der Waals surface area (Å²) >= 11 is 1.95. The maximum Gasteiger partial charge on any atom is 0.0687 e. The van der Waals surface area contributed by atoms with Gasteiger partial charge in [-0.25, -0.2) is 0 Å². The van der Waals surface area contributed by atoms with E-state index >= 15 is 0 Å². The molecule has 0 aromatic carbocycles. The van der Waals surface area contributed by atoms with Crippen molar-refractivity contribution in [1.29, 1.82) is 0 Å². The summed E-state index contributed by atoms with van der Waals surface area (Å²) in [5.74, 6) is 2.23. The minimum absolute atomic E-state index is 0.298. The Morgan fingerprint density at radius 3 is 2.73 bits per heavy atom. The first-order valence-electron chi connectivity index (χ1n) is 6.30. The summed E-state index contributed by atoms with van der Waals surface area (Å²) in [6.07, 6.45) is 9.89. The molecule has 0 bridgehead atoms. The summed E-state index contributed by atoms with van der Waals surface area (Å²) in [4.78, 5) is 0. The molecule has 0 aromatic rings. The molecule has 0 amide bonds. The molecule has 1 saturated heterocycles. The molecule has 2 nitrogen and oxygen atoms in total. The summed E-state index contributed by atoms with van der Waals surface area (Å²) in [6, 6.07) is 0. The van der Waals surface area contributed by atoms with Crippen LogP contribution in [0.4, 0.5) is 0 Å². The third-order valence-corrected chi connectivity index (χ3v) is 4.80. The highest BCUT2D eigenvalue weighted by Gasteiger charge is 2.40. The Balaban J connectivity index is 1.73. The third kappa shape index (κ3) is 3.11. The fourth-order valence-electron chi connectivity index (χ4n) is 2.87. The van der Waals surface area contributed by atoms with Crippen LogP contribution in [-0.4, -0.2) is 29.8 Å². The van der Waals surface area contributed by atoms with E-state index in [1.807, 2.05) is 11.8 Å². The molecule has 1 atom stereocenters. The lowest BCUT2D eigenvalue weighted by atomic mass is 9.83. The summed E-state index contributed by atoms with van der Waals surface area (Å²) in [5.41, 5.74) is 5.79. The lowest BCUT2D eigenvalue weighted by Crippen LogP contribution is -2.32. The second-order valence-electron chi connectivity index (χ2n) is 4.89. The molecule has 3 heteroatoms. The Morgan fingerprint density at radius 2 is 2.00 bits per heavy atom. The summed E-state index contributed by atoms with van der Waals surface area (Å²) in [7, 11) is 0. The van der Waals surface area contributed by atoms with E-state index in [0.717, 1.165) is 18.1 Å². The van der Waals surface area contributed by atoms with E-state index in [0.29, 0.717) is 11.7 Å². The van der Waals surface area contributed by atoms with E-state index in [1.54, 1.807) is 0 Å². The van der Waals surface area contributed by atoms with Gasteiger partial charge in [0.25, 0.3) is 0 Å². The van der Waals surface area contributed by atoms with Crippen molar-refractivity contribution in [1.82, 2.24) is 0 Å². The smallest absolute Gasteiger partial charge is 0.0687 e. The van der Waals surface area contributed by atoms with Gasteiger partial charge >= 0.3 is 0 Å². The Kier molecular flexibility index (Phi) is 4.35. The zero-order valence-corrected chi connectivity index (χ0v) is 10.4. The van der Waals surface area contributed by atoms with Crippen LogP contribution in [0.2, 0.25) is 0 Å². The van der Waals surface area contributed by atoms with E-state index in [1.165, 1.54) is 44.9 Å². The van der Waals surface area contributed by atoms with Gasteiger partial charge in [-0.05, 0) is 25.7 Å². The highest BCUT2D eigenvalue weighted by Crippen LogP contribution is 2.42. The number of hydrogen-bond acceptors (Lipinski definition) is 3. The standard InChI is InChI=1S/C12H23NOS/c13-8-9-15-10-11-4-7-12(14-11)5-2-1-3-6-12/h11H,1-10,13H2. The van der Waals surface area contributed by atoms with Crippen LogP contribution >= 0.6 is 11.8 Å². The molecule has 0 aromatic heterocycles. The highest BCUT2D eigenvalue weighted by molar-refractivity contribution is 7.99. The van der Waals surface area contributed by atoms with Gasteiger partial charge in [-0.3, -0.25) is 0 Å². The zero-order valence-electron chi connectivity index (χ0n) is 9.54. The van der Waals surface area contributed by atoms with Crippen LogP contribution in [0.15, 0.2) is 0 Å². The van der Waals surface area contributed by atoms with Gasteiger partial charge in [0.05, 0.1) is 11.7 Å². The van der Waals surface area contributed by atoms with Crippen LogP contribution in [0, 0.1) is 0 Å². The molecule has 1 aliphatic carbocycles. The number of rotatable bonds is 4. The van der Waals surface area contributed by atoms with Crippen molar-refractivity contribution in [2.45, 2.75) is 56.7 Å². The van der Waals surface area contributed by atoms with Gasteiger partial charge in [0.15, 0.2) is 0 Å². The van der Waals surface area contributed by atoms with E-state index in [2.05, 4.69) is 0 Å². The molecule has 2 N–H and O–H groups in total. The molecule has 1 unspecified atom stereocenters. The van der Waals surface area contributed by atoms with Crippen molar-refractivity contribution in [3.63, 3.8) is 0 Å². The van der Waals surface area contributed by atoms with Gasteiger partial charge in [-0.1, -0.05) is 19.3 Å². The van der Waals surface area contributed by atoms with Crippen LogP contribution in [-0.2, 0) is 4.74 Å². The number of ether oxygens (including phenoxy) is 1. The van der Waals surface area contributed by atoms with Crippen molar-refractivity contribution in [2.24, 2.45) is 5.73 Å². The first kappa shape index (κ1) is 11.7. The molecule has 1 saturated carbocycles. The molecule has 1 spiro atoms. The average Bonchev–Trinajstić information content (AvgIpc) is 2.63. The van der Waals surface area contributed by atoms with E-state index in [9.17, 15) is 0 Å². The first-order valence-corrected chi connectivity index (χ1v) is 7.46. The molecule has 0 radical (unpaired) electrons. The first-order chi connectivity index (χ1) is 7.35. The van der Waals surface area contributed by atoms with E-state index < -0.39 is 0 Å². The SMILES string of the molecule is NCCSCC1CCC2(CCCCC2)O1. The Labute approximate surface area is 97.3 Å². The van der Waals surface area contributed by atoms with Crippen molar-refractivity contribution in [3.05, 3.63) is 0 Å². The fraction of sp³-hybridized carbons (Fsp3) is 1.00. The number of hydrogen-bond donors (Lipinski definition) is 1. The summed E-state index contributed by atoms with van der Waals surface area (Å²) in [5, 5.41) is 0. The quantitative estimate of drug-likeness (QED) is 0.753. The molecule has 15 heavy (non-hydrogen) atoms. The summed E-state index contributed by atoms with van der Waals surface area (Å²) < 4.78 is 6.27. The minimum Gasteiger partial charge on any atom is -0.371 e. The van der Waals surface area contributed by atoms with Gasteiger partial charge in [0.1, 0.15) is 0 Å². The van der Waals surface area contributed by atoms with Crippen molar-refractivity contribution >= 4 is 11.8 Å². The van der Waals surface area contributed by atoms with Crippen LogP contribution in [0.5, 0.6) is 0 Å². The molecule has 2 aliphatic rings. The second-order valence-corrected chi connectivity index (χ2v) is 6.04. The Hall–Kier alpha value is 0.270. The Bertz CT molecular complexity index is 190. The fourth-order valence-corrected chi connectivity index (χ4v) is 3.71. The van der Waals surface area contributed by atoms with Gasteiger partial charge in [-0.15, -0.1) is 0 Å². The molecule has 2 rings (SSSR count). The molecule has 88 valence electrons. The maximum absolute atomic E-state index is 6.27. The van der Waals surface area contributed by atoms with Crippen LogP contribution in [0.25, 0.3) is 0 Å². The average molecular weight is 229 g/mol. The maximum atomic E-state index is 6.27. The summed E-state index contributed by atoms with van der Waals surface area (Å²) in [6.45, 7) is 0.794. The zero-order chi connectivity index (χ0) is 10.6. The lowest BCUT2D eigenvalue weighted by Gasteiger charge is -2.33. The van der Waals surface area contributed by atoms with Gasteiger partial charge < -0.3 is 10.5 Å². The van der Waals surface area contributed by atoms with Gasteiger partial charge in [-0.2, -0.15) is 11.8 Å². The minimum atomic E-state index is 0.298. The number of thioether (sulfide) groups is 1. The third-order valence-electron chi connectivity index (χ3n) is 3.67. The van der Waals surface area contributed by atoms with Crippen LogP contribution in [0.1, 0.15) is 44.9 Å². The monoisotopic (exact) mass is 229 g/mol. The van der Waals surface area contributed by atoms with Crippen molar-refractivity contribution < 1.29 is 4.74 Å². The van der Waals surface area contributed by atoms with Gasteiger partial charge in [0, 0.05) is 18.1 Å². The van der Waals surface area contributed by atoms with Crippen molar-refractivity contribution in [2.75, 3.05) is 18.1 Å². The normalized spacial score (nSPS) is 29.8. The predicted molar refractivity (Wildman–Crippen MR) is 66.3 cm³/mol. The number of nitrogens with two attached hydrogens (primary N) is 1. The molecular weight excluding hydrogens is 206 g/mol. The highest BCUT2D eigenvalue weighted by atomic mass is 32.2. The molecule has 1 aliphatic heterocycles. The topological polar surface area (TPSA) is 35.2 Å².